The van der Waals surface area contributed by atoms with E-state index in [4.69, 9.17) is 5.84 Å². The molecule has 2 heterocycles. The summed E-state index contributed by atoms with van der Waals surface area (Å²) in [4.78, 5) is 10.1. The molecule has 1 aromatic rings. The van der Waals surface area contributed by atoms with Gasteiger partial charge in [-0.1, -0.05) is 0 Å². The van der Waals surface area contributed by atoms with Crippen LogP contribution in [0.15, 0.2) is 17.3 Å². The van der Waals surface area contributed by atoms with Crippen LogP contribution in [0.1, 0.15) is 20.8 Å². The number of anilines is 1. The Hall–Kier alpha value is -1.29. The van der Waals surface area contributed by atoms with Gasteiger partial charge in [0.2, 0.25) is 16.0 Å². The van der Waals surface area contributed by atoms with Crippen LogP contribution in [-0.2, 0) is 10.0 Å². The third-order valence-electron chi connectivity index (χ3n) is 3.58. The van der Waals surface area contributed by atoms with Gasteiger partial charge in [0.25, 0.3) is 0 Å². The van der Waals surface area contributed by atoms with E-state index in [0.29, 0.717) is 26.2 Å². The first-order valence-corrected chi connectivity index (χ1v) is 8.23. The molecule has 0 radical (unpaired) electrons. The van der Waals surface area contributed by atoms with E-state index in [0.717, 1.165) is 0 Å². The molecule has 0 unspecified atom stereocenters. The topological polar surface area (TPSA) is 104 Å². The molecule has 0 atom stereocenters. The number of hydrogen-bond acceptors (Lipinski definition) is 7. The first-order chi connectivity index (χ1) is 9.75. The first kappa shape index (κ1) is 16.1. The Morgan fingerprint density at radius 2 is 1.67 bits per heavy atom. The van der Waals surface area contributed by atoms with Gasteiger partial charge in [0, 0.05) is 31.7 Å². The molecule has 0 bridgehead atoms. The number of hydrazine groups is 1. The molecule has 1 aromatic heterocycles. The fourth-order valence-corrected chi connectivity index (χ4v) is 3.59. The van der Waals surface area contributed by atoms with Crippen molar-refractivity contribution in [3.05, 3.63) is 12.4 Å². The van der Waals surface area contributed by atoms with E-state index in [1.54, 1.807) is 0 Å². The lowest BCUT2D eigenvalue weighted by atomic mass is 10.1. The molecule has 3 N–H and O–H groups in total. The molecular weight excluding hydrogens is 292 g/mol. The zero-order chi connectivity index (χ0) is 15.7. The van der Waals surface area contributed by atoms with Gasteiger partial charge in [-0.25, -0.2) is 24.2 Å². The Bertz CT molecular complexity index is 573. The summed E-state index contributed by atoms with van der Waals surface area (Å²) in [5, 5.41) is 0. The minimum Gasteiger partial charge on any atom is -0.296 e. The highest BCUT2D eigenvalue weighted by Crippen LogP contribution is 2.20. The number of rotatable bonds is 3. The van der Waals surface area contributed by atoms with Gasteiger partial charge < -0.3 is 0 Å². The van der Waals surface area contributed by atoms with Crippen LogP contribution in [0.5, 0.6) is 0 Å². The number of sulfonamides is 1. The van der Waals surface area contributed by atoms with Gasteiger partial charge in [-0.05, 0) is 20.8 Å². The highest BCUT2D eigenvalue weighted by molar-refractivity contribution is 7.89. The maximum absolute atomic E-state index is 12.5. The van der Waals surface area contributed by atoms with Crippen molar-refractivity contribution in [3.63, 3.8) is 0 Å². The van der Waals surface area contributed by atoms with Crippen LogP contribution in [0.3, 0.4) is 0 Å². The van der Waals surface area contributed by atoms with Gasteiger partial charge in [-0.2, -0.15) is 4.31 Å². The molecule has 21 heavy (non-hydrogen) atoms. The molecule has 118 valence electrons. The van der Waals surface area contributed by atoms with Crippen molar-refractivity contribution in [2.24, 2.45) is 5.84 Å². The van der Waals surface area contributed by atoms with Gasteiger partial charge in [0.15, 0.2) is 0 Å². The lowest BCUT2D eigenvalue weighted by Gasteiger charge is -2.41. The summed E-state index contributed by atoms with van der Waals surface area (Å²) in [5.74, 6) is 5.35. The predicted molar refractivity (Wildman–Crippen MR) is 79.9 cm³/mol. The van der Waals surface area contributed by atoms with Gasteiger partial charge in [-0.15, -0.1) is 0 Å². The monoisotopic (exact) mass is 314 g/mol. The maximum Gasteiger partial charge on any atom is 0.246 e. The molecular formula is C12H22N6O2S. The third kappa shape index (κ3) is 3.49. The van der Waals surface area contributed by atoms with Crippen molar-refractivity contribution in [1.29, 1.82) is 0 Å². The van der Waals surface area contributed by atoms with Gasteiger partial charge in [0.05, 0.1) is 12.4 Å². The smallest absolute Gasteiger partial charge is 0.246 e. The average molecular weight is 314 g/mol. The predicted octanol–water partition coefficient (Wildman–Crippen LogP) is -0.133. The van der Waals surface area contributed by atoms with Crippen molar-refractivity contribution in [1.82, 2.24) is 19.2 Å². The summed E-state index contributed by atoms with van der Waals surface area (Å²) >= 11 is 0. The standard InChI is InChI=1S/C12H22N6O2S/c1-12(2,3)17-4-6-18(7-5-17)21(19,20)10-8-14-11(16-13)15-9-10/h8-9H,4-7,13H2,1-3H3,(H,14,15,16). The van der Waals surface area contributed by atoms with Crippen LogP contribution in [0, 0.1) is 0 Å². The molecule has 0 saturated carbocycles. The fourth-order valence-electron chi connectivity index (χ4n) is 2.27. The van der Waals surface area contributed by atoms with E-state index < -0.39 is 10.0 Å². The largest absolute Gasteiger partial charge is 0.296 e. The Kier molecular flexibility index (Phi) is 4.47. The Balaban J connectivity index is 2.11. The van der Waals surface area contributed by atoms with Crippen molar-refractivity contribution in [2.75, 3.05) is 31.6 Å². The molecule has 8 nitrogen and oxygen atoms in total. The highest BCUT2D eigenvalue weighted by atomic mass is 32.2. The molecule has 9 heteroatoms. The van der Waals surface area contributed by atoms with Crippen LogP contribution in [0.2, 0.25) is 0 Å². The van der Waals surface area contributed by atoms with E-state index in [-0.39, 0.29) is 16.4 Å². The zero-order valence-electron chi connectivity index (χ0n) is 12.6. The van der Waals surface area contributed by atoms with Crippen molar-refractivity contribution < 1.29 is 8.42 Å². The summed E-state index contributed by atoms with van der Waals surface area (Å²) in [7, 11) is -3.54. The highest BCUT2D eigenvalue weighted by Gasteiger charge is 2.32. The number of piperazine rings is 1. The Morgan fingerprint density at radius 1 is 1.14 bits per heavy atom. The average Bonchev–Trinajstić information content (AvgIpc) is 2.46. The molecule has 1 fully saturated rings. The summed E-state index contributed by atoms with van der Waals surface area (Å²) < 4.78 is 26.5. The quantitative estimate of drug-likeness (QED) is 0.591. The van der Waals surface area contributed by atoms with Crippen LogP contribution < -0.4 is 11.3 Å². The van der Waals surface area contributed by atoms with Gasteiger partial charge in [0.1, 0.15) is 4.90 Å². The molecule has 0 spiro atoms. The first-order valence-electron chi connectivity index (χ1n) is 6.79. The van der Waals surface area contributed by atoms with Gasteiger partial charge >= 0.3 is 0 Å². The van der Waals surface area contributed by atoms with E-state index >= 15 is 0 Å². The SMILES string of the molecule is CC(C)(C)N1CCN(S(=O)(=O)c2cnc(NN)nc2)CC1. The fraction of sp³-hybridized carbons (Fsp3) is 0.667. The lowest BCUT2D eigenvalue weighted by Crippen LogP contribution is -2.54. The number of hydrogen-bond donors (Lipinski definition) is 2. The summed E-state index contributed by atoms with van der Waals surface area (Å²) in [6.07, 6.45) is 2.54. The Labute approximate surface area is 125 Å². The van der Waals surface area contributed by atoms with Crippen LogP contribution in [0.4, 0.5) is 5.95 Å². The van der Waals surface area contributed by atoms with E-state index in [1.165, 1.54) is 16.7 Å². The molecule has 1 aliphatic rings. The third-order valence-corrected chi connectivity index (χ3v) is 5.43. The number of nitrogens with zero attached hydrogens (tertiary/aromatic N) is 4. The van der Waals surface area contributed by atoms with E-state index in [9.17, 15) is 8.42 Å². The second-order valence-corrected chi connectivity index (χ2v) is 7.89. The minimum atomic E-state index is -3.54. The molecule has 1 saturated heterocycles. The number of nitrogens with one attached hydrogen (secondary N) is 1. The zero-order valence-corrected chi connectivity index (χ0v) is 13.4. The summed E-state index contributed by atoms with van der Waals surface area (Å²) in [6, 6.07) is 0. The lowest BCUT2D eigenvalue weighted by molar-refractivity contribution is 0.0921. The van der Waals surface area contributed by atoms with Gasteiger partial charge in [-0.3, -0.25) is 10.3 Å². The number of nitrogen functional groups attached to an aromatic ring is 1. The molecule has 1 aliphatic heterocycles. The minimum absolute atomic E-state index is 0.0490. The molecule has 2 rings (SSSR count). The molecule has 0 aliphatic carbocycles. The van der Waals surface area contributed by atoms with Crippen LogP contribution in [-0.4, -0.2) is 59.3 Å². The summed E-state index contributed by atoms with van der Waals surface area (Å²) in [5.41, 5.74) is 2.32. The Morgan fingerprint density at radius 3 is 2.10 bits per heavy atom. The van der Waals surface area contributed by atoms with E-state index in [2.05, 4.69) is 41.1 Å². The van der Waals surface area contributed by atoms with E-state index in [1.807, 2.05) is 0 Å². The molecule has 0 aromatic carbocycles. The van der Waals surface area contributed by atoms with Crippen molar-refractivity contribution in [3.8, 4) is 0 Å². The van der Waals surface area contributed by atoms with Crippen LogP contribution in [0.25, 0.3) is 0 Å². The number of aromatic nitrogens is 2. The van der Waals surface area contributed by atoms with Crippen molar-refractivity contribution in [2.45, 2.75) is 31.2 Å². The second-order valence-electron chi connectivity index (χ2n) is 5.95. The van der Waals surface area contributed by atoms with Crippen LogP contribution >= 0.6 is 0 Å². The normalized spacial score (nSPS) is 18.7. The number of nitrogens with two attached hydrogens (primary N) is 1. The maximum atomic E-state index is 12.5. The molecule has 0 amide bonds. The van der Waals surface area contributed by atoms with Crippen molar-refractivity contribution >= 4 is 16.0 Å². The second kappa shape index (κ2) is 5.84. The summed E-state index contributed by atoms with van der Waals surface area (Å²) in [6.45, 7) is 8.75.